The predicted octanol–water partition coefficient (Wildman–Crippen LogP) is 3.56. The van der Waals surface area contributed by atoms with E-state index in [1.54, 1.807) is 36.0 Å². The van der Waals surface area contributed by atoms with E-state index in [9.17, 15) is 9.18 Å². The molecule has 2 fully saturated rings. The monoisotopic (exact) mass is 456 g/mol. The number of halogens is 1. The molecule has 0 saturated carbocycles. The standard InChI is InChI=1S/C20H17FN6O2S2/c21-14-2-1-12(9-15(14)26-4-6-29-7-5-26)17-13(11-24-25-17)10-16-18(28)27(19(22)31-16)20-23-3-8-30-20/h1-3,8-11,22H,4-7H2,(H,24,25)/b16-10-,22-19?. The number of carbonyl (C=O) groups excluding carboxylic acids is 1. The number of hydrogen-bond acceptors (Lipinski definition) is 8. The van der Waals surface area contributed by atoms with Crippen LogP contribution in [0.1, 0.15) is 5.56 Å². The number of benzene rings is 1. The summed E-state index contributed by atoms with van der Waals surface area (Å²) < 4.78 is 19.9. The van der Waals surface area contributed by atoms with Gasteiger partial charge in [-0.1, -0.05) is 0 Å². The second-order valence-corrected chi connectivity index (χ2v) is 8.74. The molecule has 2 N–H and O–H groups in total. The van der Waals surface area contributed by atoms with Crippen LogP contribution in [0.15, 0.2) is 40.9 Å². The number of amidine groups is 1. The van der Waals surface area contributed by atoms with Crippen molar-refractivity contribution in [3.05, 3.63) is 52.3 Å². The van der Waals surface area contributed by atoms with Crippen LogP contribution in [0.25, 0.3) is 17.3 Å². The molecule has 1 amide bonds. The summed E-state index contributed by atoms with van der Waals surface area (Å²) in [4.78, 5) is 20.6. The van der Waals surface area contributed by atoms with Crippen LogP contribution in [0.3, 0.4) is 0 Å². The Kier molecular flexibility index (Phi) is 5.30. The highest BCUT2D eigenvalue weighted by atomic mass is 32.2. The van der Waals surface area contributed by atoms with Crippen LogP contribution in [0, 0.1) is 11.2 Å². The van der Waals surface area contributed by atoms with E-state index in [1.165, 1.54) is 22.3 Å². The minimum atomic E-state index is -0.301. The number of ether oxygens (including phenoxy) is 1. The van der Waals surface area contributed by atoms with E-state index in [4.69, 9.17) is 10.1 Å². The Hall–Kier alpha value is -3.02. The lowest BCUT2D eigenvalue weighted by Gasteiger charge is -2.29. The van der Waals surface area contributed by atoms with E-state index in [0.717, 1.165) is 17.3 Å². The maximum atomic E-state index is 14.5. The molecule has 3 aromatic rings. The van der Waals surface area contributed by atoms with E-state index in [2.05, 4.69) is 15.2 Å². The van der Waals surface area contributed by atoms with Gasteiger partial charge in [-0.15, -0.1) is 11.3 Å². The second kappa shape index (κ2) is 8.25. The summed E-state index contributed by atoms with van der Waals surface area (Å²) in [6, 6.07) is 4.90. The van der Waals surface area contributed by atoms with Gasteiger partial charge in [-0.3, -0.25) is 15.3 Å². The van der Waals surface area contributed by atoms with Crippen molar-refractivity contribution >= 4 is 51.1 Å². The van der Waals surface area contributed by atoms with Crippen LogP contribution in [0.4, 0.5) is 15.2 Å². The molecule has 0 bridgehead atoms. The Labute approximate surface area is 185 Å². The molecule has 8 nitrogen and oxygen atoms in total. The molecule has 0 spiro atoms. The fourth-order valence-electron chi connectivity index (χ4n) is 3.48. The van der Waals surface area contributed by atoms with Gasteiger partial charge in [-0.25, -0.2) is 14.3 Å². The SMILES string of the molecule is N=C1S/C(=C\c2cn[nH]c2-c2ccc(F)c(N3CCOCC3)c2)C(=O)N1c1nccs1. The van der Waals surface area contributed by atoms with Crippen molar-refractivity contribution in [2.24, 2.45) is 0 Å². The van der Waals surface area contributed by atoms with Crippen LogP contribution in [0.2, 0.25) is 0 Å². The number of carbonyl (C=O) groups is 1. The van der Waals surface area contributed by atoms with Gasteiger partial charge in [0.05, 0.1) is 35.7 Å². The Morgan fingerprint density at radius 3 is 2.90 bits per heavy atom. The lowest BCUT2D eigenvalue weighted by Crippen LogP contribution is -2.36. The van der Waals surface area contributed by atoms with Gasteiger partial charge in [-0.2, -0.15) is 5.10 Å². The molecule has 31 heavy (non-hydrogen) atoms. The molecule has 2 saturated heterocycles. The van der Waals surface area contributed by atoms with E-state index in [-0.39, 0.29) is 16.9 Å². The summed E-state index contributed by atoms with van der Waals surface area (Å²) in [7, 11) is 0. The molecule has 158 valence electrons. The quantitative estimate of drug-likeness (QED) is 0.583. The molecule has 5 rings (SSSR count). The zero-order valence-corrected chi connectivity index (χ0v) is 17.8. The normalized spacial score (nSPS) is 18.4. The minimum absolute atomic E-state index is 0.104. The van der Waals surface area contributed by atoms with Crippen molar-refractivity contribution in [2.45, 2.75) is 0 Å². The van der Waals surface area contributed by atoms with Gasteiger partial charge in [0.15, 0.2) is 10.3 Å². The molecular weight excluding hydrogens is 439 g/mol. The number of aromatic nitrogens is 3. The maximum absolute atomic E-state index is 14.5. The van der Waals surface area contributed by atoms with Gasteiger partial charge in [0.1, 0.15) is 5.82 Å². The Morgan fingerprint density at radius 1 is 1.29 bits per heavy atom. The third kappa shape index (κ3) is 3.75. The fraction of sp³-hybridized carbons (Fsp3) is 0.200. The minimum Gasteiger partial charge on any atom is -0.378 e. The highest BCUT2D eigenvalue weighted by Crippen LogP contribution is 2.37. The Morgan fingerprint density at radius 2 is 2.13 bits per heavy atom. The third-order valence-electron chi connectivity index (χ3n) is 4.98. The van der Waals surface area contributed by atoms with Gasteiger partial charge in [-0.05, 0) is 36.0 Å². The van der Waals surface area contributed by atoms with Crippen LogP contribution >= 0.6 is 23.1 Å². The summed E-state index contributed by atoms with van der Waals surface area (Å²) in [5.41, 5.74) is 2.63. The van der Waals surface area contributed by atoms with Crippen molar-refractivity contribution in [3.8, 4) is 11.3 Å². The second-order valence-electron chi connectivity index (χ2n) is 6.84. The first-order chi connectivity index (χ1) is 15.1. The van der Waals surface area contributed by atoms with Gasteiger partial charge in [0, 0.05) is 35.8 Å². The topological polar surface area (TPSA) is 98.2 Å². The number of nitrogens with one attached hydrogen (secondary N) is 2. The highest BCUT2D eigenvalue weighted by Gasteiger charge is 2.35. The molecule has 2 aliphatic heterocycles. The number of H-pyrrole nitrogens is 1. The third-order valence-corrected chi connectivity index (χ3v) is 6.62. The Balaban J connectivity index is 1.47. The van der Waals surface area contributed by atoms with E-state index < -0.39 is 0 Å². The largest absolute Gasteiger partial charge is 0.378 e. The summed E-state index contributed by atoms with van der Waals surface area (Å²) in [5.74, 6) is -0.593. The van der Waals surface area contributed by atoms with Crippen LogP contribution in [-0.4, -0.2) is 52.6 Å². The average Bonchev–Trinajstić information content (AvgIpc) is 3.51. The molecule has 11 heteroatoms. The van der Waals surface area contributed by atoms with Crippen molar-refractivity contribution in [1.82, 2.24) is 15.2 Å². The lowest BCUT2D eigenvalue weighted by molar-refractivity contribution is -0.113. The molecule has 0 aliphatic carbocycles. The van der Waals surface area contributed by atoms with Gasteiger partial charge >= 0.3 is 0 Å². The molecule has 2 aromatic heterocycles. The molecule has 0 atom stereocenters. The van der Waals surface area contributed by atoms with Crippen LogP contribution in [-0.2, 0) is 9.53 Å². The highest BCUT2D eigenvalue weighted by molar-refractivity contribution is 8.19. The summed E-state index contributed by atoms with van der Waals surface area (Å²) in [5, 5.41) is 17.6. The number of hydrogen-bond donors (Lipinski definition) is 2. The van der Waals surface area contributed by atoms with Crippen LogP contribution in [0.5, 0.6) is 0 Å². The smallest absolute Gasteiger partial charge is 0.273 e. The van der Waals surface area contributed by atoms with E-state index in [0.29, 0.717) is 53.3 Å². The summed E-state index contributed by atoms with van der Waals surface area (Å²) in [6.07, 6.45) is 4.91. The van der Waals surface area contributed by atoms with E-state index in [1.807, 2.05) is 4.90 Å². The molecule has 0 unspecified atom stereocenters. The summed E-state index contributed by atoms with van der Waals surface area (Å²) in [6.45, 7) is 2.37. The van der Waals surface area contributed by atoms with Gasteiger partial charge < -0.3 is 9.64 Å². The number of aromatic amines is 1. The van der Waals surface area contributed by atoms with Gasteiger partial charge in [0.2, 0.25) is 0 Å². The fourth-order valence-corrected chi connectivity index (χ4v) is 5.02. The number of anilines is 2. The number of amides is 1. The van der Waals surface area contributed by atoms with Crippen molar-refractivity contribution in [3.63, 3.8) is 0 Å². The maximum Gasteiger partial charge on any atom is 0.273 e. The lowest BCUT2D eigenvalue weighted by atomic mass is 10.1. The van der Waals surface area contributed by atoms with Crippen molar-refractivity contribution in [2.75, 3.05) is 36.1 Å². The number of nitrogens with zero attached hydrogens (tertiary/aromatic N) is 4. The first-order valence-corrected chi connectivity index (χ1v) is 11.2. The first kappa shape index (κ1) is 19.9. The number of rotatable bonds is 4. The Bertz CT molecular complexity index is 1170. The molecule has 0 radical (unpaired) electrons. The average molecular weight is 457 g/mol. The van der Waals surface area contributed by atoms with E-state index >= 15 is 0 Å². The molecule has 4 heterocycles. The number of thiazole rings is 1. The molecule has 1 aromatic carbocycles. The molecular formula is C20H17FN6O2S2. The van der Waals surface area contributed by atoms with Crippen LogP contribution < -0.4 is 9.80 Å². The van der Waals surface area contributed by atoms with Gasteiger partial charge in [0.25, 0.3) is 5.91 Å². The van der Waals surface area contributed by atoms with Crippen molar-refractivity contribution < 1.29 is 13.9 Å². The number of morpholine rings is 1. The zero-order chi connectivity index (χ0) is 21.4. The number of thioether (sulfide) groups is 1. The molecule has 2 aliphatic rings. The zero-order valence-electron chi connectivity index (χ0n) is 16.2. The first-order valence-electron chi connectivity index (χ1n) is 9.50. The summed E-state index contributed by atoms with van der Waals surface area (Å²) >= 11 is 2.37. The predicted molar refractivity (Wildman–Crippen MR) is 120 cm³/mol. The van der Waals surface area contributed by atoms with Crippen molar-refractivity contribution in [1.29, 1.82) is 5.41 Å².